The Labute approximate surface area is 77.3 Å². The minimum Gasteiger partial charge on any atom is -0.398 e. The molecule has 1 rings (SSSR count). The summed E-state index contributed by atoms with van der Waals surface area (Å²) in [6, 6.07) is 6.06. The van der Waals surface area contributed by atoms with Crippen LogP contribution in [0.2, 0.25) is 0 Å². The summed E-state index contributed by atoms with van der Waals surface area (Å²) in [5.74, 6) is 0.924. The van der Waals surface area contributed by atoms with Crippen LogP contribution in [-0.2, 0) is 0 Å². The number of thioether (sulfide) groups is 1. The summed E-state index contributed by atoms with van der Waals surface area (Å²) in [5.41, 5.74) is 13.3. The van der Waals surface area contributed by atoms with Gasteiger partial charge in [-0.15, -0.1) is 11.8 Å². The van der Waals surface area contributed by atoms with Crippen LogP contribution < -0.4 is 11.5 Å². The van der Waals surface area contributed by atoms with Crippen LogP contribution in [0.15, 0.2) is 23.1 Å². The SMILES string of the molecule is Cc1cccc(SCCN)c1N. The van der Waals surface area contributed by atoms with Gasteiger partial charge in [-0.25, -0.2) is 0 Å². The normalized spacial score (nSPS) is 10.2. The lowest BCUT2D eigenvalue weighted by atomic mass is 10.2. The monoisotopic (exact) mass is 182 g/mol. The molecule has 0 amide bonds. The molecule has 0 aromatic heterocycles. The van der Waals surface area contributed by atoms with Crippen molar-refractivity contribution in [1.29, 1.82) is 0 Å². The Morgan fingerprint density at radius 1 is 1.42 bits per heavy atom. The van der Waals surface area contributed by atoms with E-state index in [1.807, 2.05) is 25.1 Å². The van der Waals surface area contributed by atoms with E-state index in [0.29, 0.717) is 6.54 Å². The Morgan fingerprint density at radius 3 is 2.83 bits per heavy atom. The minimum absolute atomic E-state index is 0.693. The van der Waals surface area contributed by atoms with Crippen molar-refractivity contribution in [3.05, 3.63) is 23.8 Å². The summed E-state index contributed by atoms with van der Waals surface area (Å²) in [6.45, 7) is 2.71. The average Bonchev–Trinajstić information content (AvgIpc) is 2.08. The molecule has 0 aliphatic heterocycles. The van der Waals surface area contributed by atoms with Crippen molar-refractivity contribution in [2.24, 2.45) is 5.73 Å². The van der Waals surface area contributed by atoms with E-state index in [0.717, 1.165) is 21.9 Å². The maximum Gasteiger partial charge on any atom is 0.0481 e. The molecule has 0 bridgehead atoms. The largest absolute Gasteiger partial charge is 0.398 e. The lowest BCUT2D eigenvalue weighted by molar-refractivity contribution is 1.15. The molecule has 0 radical (unpaired) electrons. The molecule has 1 aromatic rings. The number of aryl methyl sites for hydroxylation is 1. The average molecular weight is 182 g/mol. The van der Waals surface area contributed by atoms with Gasteiger partial charge in [-0.2, -0.15) is 0 Å². The highest BCUT2D eigenvalue weighted by Gasteiger charge is 2.00. The third-order valence-corrected chi connectivity index (χ3v) is 2.77. The Hall–Kier alpha value is -0.670. The van der Waals surface area contributed by atoms with E-state index in [-0.39, 0.29) is 0 Å². The van der Waals surface area contributed by atoms with Gasteiger partial charge in [0.05, 0.1) is 0 Å². The van der Waals surface area contributed by atoms with E-state index in [2.05, 4.69) is 0 Å². The third-order valence-electron chi connectivity index (χ3n) is 1.66. The fourth-order valence-corrected chi connectivity index (χ4v) is 1.78. The molecule has 0 saturated heterocycles. The van der Waals surface area contributed by atoms with Crippen LogP contribution >= 0.6 is 11.8 Å². The zero-order valence-electron chi connectivity index (χ0n) is 7.21. The highest BCUT2D eigenvalue weighted by atomic mass is 32.2. The maximum atomic E-state index is 5.86. The van der Waals surface area contributed by atoms with Gasteiger partial charge >= 0.3 is 0 Å². The fourth-order valence-electron chi connectivity index (χ4n) is 0.948. The smallest absolute Gasteiger partial charge is 0.0481 e. The first-order chi connectivity index (χ1) is 5.75. The second-order valence-electron chi connectivity index (χ2n) is 2.62. The van der Waals surface area contributed by atoms with Crippen LogP contribution in [0, 0.1) is 6.92 Å². The van der Waals surface area contributed by atoms with Gasteiger partial charge in [-0.3, -0.25) is 0 Å². The zero-order valence-corrected chi connectivity index (χ0v) is 8.03. The molecular formula is C9H14N2S. The molecule has 0 heterocycles. The Bertz CT molecular complexity index is 261. The van der Waals surface area contributed by atoms with Gasteiger partial charge in [-0.05, 0) is 18.6 Å². The number of para-hydroxylation sites is 1. The molecule has 0 aliphatic carbocycles. The van der Waals surface area contributed by atoms with E-state index < -0.39 is 0 Å². The molecule has 2 nitrogen and oxygen atoms in total. The number of hydrogen-bond acceptors (Lipinski definition) is 3. The Kier molecular flexibility index (Phi) is 3.44. The molecule has 0 aliphatic rings. The summed E-state index contributed by atoms with van der Waals surface area (Å²) < 4.78 is 0. The van der Waals surface area contributed by atoms with Crippen LogP contribution in [0.4, 0.5) is 5.69 Å². The van der Waals surface area contributed by atoms with Gasteiger partial charge < -0.3 is 11.5 Å². The van der Waals surface area contributed by atoms with Crippen molar-refractivity contribution < 1.29 is 0 Å². The maximum absolute atomic E-state index is 5.86. The van der Waals surface area contributed by atoms with Gasteiger partial charge in [0, 0.05) is 22.9 Å². The van der Waals surface area contributed by atoms with Crippen molar-refractivity contribution >= 4 is 17.4 Å². The van der Waals surface area contributed by atoms with Crippen molar-refractivity contribution in [3.8, 4) is 0 Å². The zero-order chi connectivity index (χ0) is 8.97. The molecule has 3 heteroatoms. The number of benzene rings is 1. The lowest BCUT2D eigenvalue weighted by Crippen LogP contribution is -2.02. The predicted molar refractivity (Wildman–Crippen MR) is 55.4 cm³/mol. The highest BCUT2D eigenvalue weighted by molar-refractivity contribution is 7.99. The van der Waals surface area contributed by atoms with Crippen molar-refractivity contribution in [3.63, 3.8) is 0 Å². The van der Waals surface area contributed by atoms with Crippen LogP contribution in [0.3, 0.4) is 0 Å². The standard InChI is InChI=1S/C9H14N2S/c1-7-3-2-4-8(9(7)11)12-6-5-10/h2-4H,5-6,10-11H2,1H3. The first-order valence-electron chi connectivity index (χ1n) is 3.93. The predicted octanol–water partition coefficient (Wildman–Crippen LogP) is 1.63. The molecule has 0 atom stereocenters. The molecule has 12 heavy (non-hydrogen) atoms. The molecule has 0 fully saturated rings. The van der Waals surface area contributed by atoms with Crippen molar-refractivity contribution in [1.82, 2.24) is 0 Å². The van der Waals surface area contributed by atoms with E-state index >= 15 is 0 Å². The number of nitrogens with two attached hydrogens (primary N) is 2. The molecule has 0 spiro atoms. The molecular weight excluding hydrogens is 168 g/mol. The number of hydrogen-bond donors (Lipinski definition) is 2. The minimum atomic E-state index is 0.693. The fraction of sp³-hybridized carbons (Fsp3) is 0.333. The first kappa shape index (κ1) is 9.42. The second kappa shape index (κ2) is 4.38. The summed E-state index contributed by atoms with van der Waals surface area (Å²) in [4.78, 5) is 1.14. The molecule has 0 saturated carbocycles. The van der Waals surface area contributed by atoms with Gasteiger partial charge in [0.15, 0.2) is 0 Å². The third kappa shape index (κ3) is 2.16. The number of rotatable bonds is 3. The second-order valence-corrected chi connectivity index (χ2v) is 3.76. The number of nitrogen functional groups attached to an aromatic ring is 1. The van der Waals surface area contributed by atoms with Gasteiger partial charge in [0.2, 0.25) is 0 Å². The van der Waals surface area contributed by atoms with Crippen molar-refractivity contribution in [2.75, 3.05) is 18.0 Å². The topological polar surface area (TPSA) is 52.0 Å². The van der Waals surface area contributed by atoms with E-state index in [9.17, 15) is 0 Å². The Morgan fingerprint density at radius 2 is 2.17 bits per heavy atom. The molecule has 1 aromatic carbocycles. The summed E-state index contributed by atoms with van der Waals surface area (Å²) in [7, 11) is 0. The van der Waals surface area contributed by atoms with Crippen LogP contribution in [0.25, 0.3) is 0 Å². The van der Waals surface area contributed by atoms with E-state index in [4.69, 9.17) is 11.5 Å². The quantitative estimate of drug-likeness (QED) is 0.552. The molecule has 66 valence electrons. The first-order valence-corrected chi connectivity index (χ1v) is 4.92. The summed E-state index contributed by atoms with van der Waals surface area (Å²) >= 11 is 1.71. The van der Waals surface area contributed by atoms with Gasteiger partial charge in [0.25, 0.3) is 0 Å². The molecule has 4 N–H and O–H groups in total. The van der Waals surface area contributed by atoms with Crippen LogP contribution in [0.5, 0.6) is 0 Å². The Balaban J connectivity index is 2.78. The van der Waals surface area contributed by atoms with E-state index in [1.165, 1.54) is 0 Å². The van der Waals surface area contributed by atoms with Crippen LogP contribution in [0.1, 0.15) is 5.56 Å². The van der Waals surface area contributed by atoms with Gasteiger partial charge in [-0.1, -0.05) is 12.1 Å². The van der Waals surface area contributed by atoms with Gasteiger partial charge in [0.1, 0.15) is 0 Å². The highest BCUT2D eigenvalue weighted by Crippen LogP contribution is 2.26. The van der Waals surface area contributed by atoms with Crippen LogP contribution in [-0.4, -0.2) is 12.3 Å². The summed E-state index contributed by atoms with van der Waals surface area (Å²) in [6.07, 6.45) is 0. The van der Waals surface area contributed by atoms with Crippen molar-refractivity contribution in [2.45, 2.75) is 11.8 Å². The summed E-state index contributed by atoms with van der Waals surface area (Å²) in [5, 5.41) is 0. The number of anilines is 1. The molecule has 0 unspecified atom stereocenters. The van der Waals surface area contributed by atoms with E-state index in [1.54, 1.807) is 11.8 Å². The lowest BCUT2D eigenvalue weighted by Gasteiger charge is -2.06.